The predicted molar refractivity (Wildman–Crippen MR) is 84.3 cm³/mol. The van der Waals surface area contributed by atoms with Crippen LogP contribution < -0.4 is 10.0 Å². The molecule has 118 valence electrons. The predicted octanol–water partition coefficient (Wildman–Crippen LogP) is 2.03. The normalized spacial score (nSPS) is 11.1. The second-order valence-corrected chi connectivity index (χ2v) is 6.60. The number of ether oxygens (including phenoxy) is 1. The summed E-state index contributed by atoms with van der Waals surface area (Å²) in [6, 6.07) is 6.40. The monoisotopic (exact) mass is 334 g/mol. The van der Waals surface area contributed by atoms with E-state index in [9.17, 15) is 13.2 Å². The van der Waals surface area contributed by atoms with Crippen molar-refractivity contribution in [3.8, 4) is 0 Å². The van der Waals surface area contributed by atoms with Crippen LogP contribution >= 0.6 is 11.6 Å². The van der Waals surface area contributed by atoms with Crippen molar-refractivity contribution in [1.29, 1.82) is 0 Å². The van der Waals surface area contributed by atoms with Gasteiger partial charge in [-0.1, -0.05) is 0 Å². The molecular formula is C13H19ClN2O4S. The molecule has 0 bridgehead atoms. The molecule has 0 unspecified atom stereocenters. The van der Waals surface area contributed by atoms with Crippen molar-refractivity contribution in [2.45, 2.75) is 12.8 Å². The van der Waals surface area contributed by atoms with E-state index >= 15 is 0 Å². The van der Waals surface area contributed by atoms with Crippen molar-refractivity contribution in [2.24, 2.45) is 0 Å². The highest BCUT2D eigenvalue weighted by atomic mass is 35.5. The Morgan fingerprint density at radius 3 is 2.38 bits per heavy atom. The van der Waals surface area contributed by atoms with E-state index < -0.39 is 10.0 Å². The Bertz CT molecular complexity index is 546. The lowest BCUT2D eigenvalue weighted by molar-refractivity contribution is -0.119. The lowest BCUT2D eigenvalue weighted by Gasteiger charge is -2.09. The molecule has 0 saturated carbocycles. The molecule has 0 fully saturated rings. The number of benzene rings is 1. The van der Waals surface area contributed by atoms with E-state index in [4.69, 9.17) is 16.3 Å². The standard InChI is InChI=1S/C13H19ClN2O4S/c1-20-10-13(17)15-11-4-6-12(7-5-11)16-21(18,19)9-3-2-8-14/h4-7,16H,2-3,8-10H2,1H3,(H,15,17). The van der Waals surface area contributed by atoms with Crippen molar-refractivity contribution in [1.82, 2.24) is 0 Å². The molecule has 8 heteroatoms. The maximum atomic E-state index is 11.8. The Labute approximate surface area is 129 Å². The van der Waals surface area contributed by atoms with Crippen molar-refractivity contribution < 1.29 is 17.9 Å². The van der Waals surface area contributed by atoms with Crippen molar-refractivity contribution in [2.75, 3.05) is 35.4 Å². The minimum absolute atomic E-state index is 0.0328. The summed E-state index contributed by atoms with van der Waals surface area (Å²) < 4.78 is 30.7. The molecule has 1 aromatic rings. The van der Waals surface area contributed by atoms with Gasteiger partial charge in [0.2, 0.25) is 15.9 Å². The van der Waals surface area contributed by atoms with E-state index in [2.05, 4.69) is 10.0 Å². The molecule has 21 heavy (non-hydrogen) atoms. The molecule has 0 heterocycles. The van der Waals surface area contributed by atoms with E-state index in [1.165, 1.54) is 7.11 Å². The molecular weight excluding hydrogens is 316 g/mol. The first-order valence-corrected chi connectivity index (χ1v) is 8.61. The molecule has 0 atom stereocenters. The SMILES string of the molecule is COCC(=O)Nc1ccc(NS(=O)(=O)CCCCCl)cc1. The van der Waals surface area contributed by atoms with Gasteiger partial charge in [-0.15, -0.1) is 11.6 Å². The maximum absolute atomic E-state index is 11.8. The number of amides is 1. The Morgan fingerprint density at radius 1 is 1.19 bits per heavy atom. The van der Waals surface area contributed by atoms with Gasteiger partial charge in [0.15, 0.2) is 0 Å². The number of carbonyl (C=O) groups excluding carboxylic acids is 1. The second kappa shape index (κ2) is 8.86. The van der Waals surface area contributed by atoms with E-state index in [0.717, 1.165) is 0 Å². The largest absolute Gasteiger partial charge is 0.375 e. The highest BCUT2D eigenvalue weighted by Gasteiger charge is 2.10. The summed E-state index contributed by atoms with van der Waals surface area (Å²) in [5, 5.41) is 2.62. The molecule has 1 amide bonds. The van der Waals surface area contributed by atoms with Crippen molar-refractivity contribution in [3.63, 3.8) is 0 Å². The summed E-state index contributed by atoms with van der Waals surface area (Å²) in [5.74, 6) is 0.212. The van der Waals surface area contributed by atoms with Crippen LogP contribution in [0.2, 0.25) is 0 Å². The fourth-order valence-corrected chi connectivity index (χ4v) is 2.94. The summed E-state index contributed by atoms with van der Waals surface area (Å²) in [4.78, 5) is 11.3. The van der Waals surface area contributed by atoms with E-state index in [-0.39, 0.29) is 18.3 Å². The Hall–Kier alpha value is -1.31. The first-order valence-electron chi connectivity index (χ1n) is 6.42. The van der Waals surface area contributed by atoms with Gasteiger partial charge < -0.3 is 10.1 Å². The van der Waals surface area contributed by atoms with Crippen LogP contribution in [-0.2, 0) is 19.6 Å². The fraction of sp³-hybridized carbons (Fsp3) is 0.462. The Morgan fingerprint density at radius 2 is 1.81 bits per heavy atom. The fourth-order valence-electron chi connectivity index (χ4n) is 1.57. The number of hydrogen-bond acceptors (Lipinski definition) is 4. The molecule has 0 aromatic heterocycles. The van der Waals surface area contributed by atoms with Gasteiger partial charge in [-0.25, -0.2) is 8.42 Å². The lowest BCUT2D eigenvalue weighted by Crippen LogP contribution is -2.18. The summed E-state index contributed by atoms with van der Waals surface area (Å²) in [5.41, 5.74) is 1.02. The van der Waals surface area contributed by atoms with Gasteiger partial charge in [0.25, 0.3) is 0 Å². The van der Waals surface area contributed by atoms with Crippen LogP contribution in [0, 0.1) is 0 Å². The first kappa shape index (κ1) is 17.7. The van der Waals surface area contributed by atoms with Crippen LogP contribution in [-0.4, -0.2) is 39.7 Å². The molecule has 0 saturated heterocycles. The number of unbranched alkanes of at least 4 members (excludes halogenated alkanes) is 1. The third kappa shape index (κ3) is 7.31. The number of methoxy groups -OCH3 is 1. The van der Waals surface area contributed by atoms with Gasteiger partial charge >= 0.3 is 0 Å². The summed E-state index contributed by atoms with van der Waals surface area (Å²) >= 11 is 5.51. The molecule has 0 spiro atoms. The van der Waals surface area contributed by atoms with Crippen LogP contribution in [0.5, 0.6) is 0 Å². The Balaban J connectivity index is 2.56. The highest BCUT2D eigenvalue weighted by molar-refractivity contribution is 7.92. The van der Waals surface area contributed by atoms with E-state index in [1.54, 1.807) is 24.3 Å². The topological polar surface area (TPSA) is 84.5 Å². The molecule has 1 aromatic carbocycles. The van der Waals surface area contributed by atoms with Gasteiger partial charge in [0, 0.05) is 24.4 Å². The molecule has 6 nitrogen and oxygen atoms in total. The lowest BCUT2D eigenvalue weighted by atomic mass is 10.3. The molecule has 2 N–H and O–H groups in total. The van der Waals surface area contributed by atoms with E-state index in [1.807, 2.05) is 0 Å². The molecule has 0 aliphatic carbocycles. The number of rotatable bonds is 9. The number of nitrogens with one attached hydrogen (secondary N) is 2. The maximum Gasteiger partial charge on any atom is 0.250 e. The van der Waals surface area contributed by atoms with Crippen LogP contribution in [0.15, 0.2) is 24.3 Å². The van der Waals surface area contributed by atoms with Crippen molar-refractivity contribution >= 4 is 38.9 Å². The zero-order valence-corrected chi connectivity index (χ0v) is 13.3. The quantitative estimate of drug-likeness (QED) is 0.534. The number of carbonyl (C=O) groups is 1. The number of halogens is 1. The van der Waals surface area contributed by atoms with Gasteiger partial charge in [-0.05, 0) is 37.1 Å². The molecule has 0 radical (unpaired) electrons. The molecule has 1 rings (SSSR count). The number of sulfonamides is 1. The van der Waals surface area contributed by atoms with Crippen molar-refractivity contribution in [3.05, 3.63) is 24.3 Å². The summed E-state index contributed by atoms with van der Waals surface area (Å²) in [6.45, 7) is -0.0328. The Kier molecular flexibility index (Phi) is 7.49. The van der Waals surface area contributed by atoms with Crippen LogP contribution in [0.3, 0.4) is 0 Å². The molecule has 0 aliphatic rings. The number of hydrogen-bond donors (Lipinski definition) is 2. The van der Waals surface area contributed by atoms with Gasteiger partial charge in [0.05, 0.1) is 5.75 Å². The minimum Gasteiger partial charge on any atom is -0.375 e. The second-order valence-electron chi connectivity index (χ2n) is 4.38. The first-order chi connectivity index (χ1) is 9.96. The average Bonchev–Trinajstić information content (AvgIpc) is 2.41. The zero-order chi connectivity index (χ0) is 15.7. The highest BCUT2D eigenvalue weighted by Crippen LogP contribution is 2.15. The average molecular weight is 335 g/mol. The van der Waals surface area contributed by atoms with Crippen LogP contribution in [0.25, 0.3) is 0 Å². The van der Waals surface area contributed by atoms with E-state index in [0.29, 0.717) is 30.1 Å². The number of anilines is 2. The van der Waals surface area contributed by atoms with Crippen LogP contribution in [0.4, 0.5) is 11.4 Å². The third-order valence-electron chi connectivity index (χ3n) is 2.51. The molecule has 0 aliphatic heterocycles. The number of alkyl halides is 1. The summed E-state index contributed by atoms with van der Waals surface area (Å²) in [7, 11) is -1.94. The van der Waals surface area contributed by atoms with Gasteiger partial charge in [-0.3, -0.25) is 9.52 Å². The van der Waals surface area contributed by atoms with Gasteiger partial charge in [-0.2, -0.15) is 0 Å². The third-order valence-corrected chi connectivity index (χ3v) is 4.15. The van der Waals surface area contributed by atoms with Crippen LogP contribution in [0.1, 0.15) is 12.8 Å². The smallest absolute Gasteiger partial charge is 0.250 e. The summed E-state index contributed by atoms with van der Waals surface area (Å²) in [6.07, 6.45) is 1.18. The minimum atomic E-state index is -3.37. The zero-order valence-electron chi connectivity index (χ0n) is 11.8. The van der Waals surface area contributed by atoms with Gasteiger partial charge in [0.1, 0.15) is 6.61 Å².